The molecule has 6 heteroatoms. The third-order valence-electron chi connectivity index (χ3n) is 3.95. The normalized spacial score (nSPS) is 10.4. The summed E-state index contributed by atoms with van der Waals surface area (Å²) in [5.74, 6) is -0.326. The molecule has 0 radical (unpaired) electrons. The van der Waals surface area contributed by atoms with Crippen LogP contribution in [0.25, 0.3) is 0 Å². The number of benzene rings is 2. The minimum absolute atomic E-state index is 0.142. The molecule has 132 valence electrons. The van der Waals surface area contributed by atoms with Crippen molar-refractivity contribution >= 4 is 46.4 Å². The Bertz CT molecular complexity index is 806. The summed E-state index contributed by atoms with van der Waals surface area (Å²) >= 11 is 12.1. The zero-order valence-electron chi connectivity index (χ0n) is 14.4. The highest BCUT2D eigenvalue weighted by molar-refractivity contribution is 6.32. The molecule has 2 rings (SSSR count). The Balaban J connectivity index is 2.08. The van der Waals surface area contributed by atoms with Gasteiger partial charge in [-0.15, -0.1) is 0 Å². The van der Waals surface area contributed by atoms with E-state index < -0.39 is 0 Å². The molecule has 0 aliphatic carbocycles. The first-order chi connectivity index (χ1) is 11.8. The van der Waals surface area contributed by atoms with Crippen molar-refractivity contribution in [2.45, 2.75) is 27.2 Å². The summed E-state index contributed by atoms with van der Waals surface area (Å²) in [4.78, 5) is 25.8. The number of amides is 2. The Morgan fingerprint density at radius 2 is 1.84 bits per heavy atom. The second-order valence-corrected chi connectivity index (χ2v) is 6.66. The first-order valence-corrected chi connectivity index (χ1v) is 8.64. The van der Waals surface area contributed by atoms with Crippen LogP contribution < -0.4 is 10.2 Å². The number of carbonyl (C=O) groups is 2. The summed E-state index contributed by atoms with van der Waals surface area (Å²) in [6.07, 6.45) is 0.164. The van der Waals surface area contributed by atoms with E-state index in [0.29, 0.717) is 21.4 Å². The van der Waals surface area contributed by atoms with Crippen LogP contribution in [0.5, 0.6) is 0 Å². The van der Waals surface area contributed by atoms with E-state index in [1.54, 1.807) is 35.2 Å². The van der Waals surface area contributed by atoms with E-state index in [-0.39, 0.29) is 24.8 Å². The molecule has 2 amide bonds. The third-order valence-corrected chi connectivity index (χ3v) is 4.59. The monoisotopic (exact) mass is 378 g/mol. The van der Waals surface area contributed by atoms with Gasteiger partial charge in [-0.2, -0.15) is 0 Å². The molecule has 4 nitrogen and oxygen atoms in total. The van der Waals surface area contributed by atoms with Crippen molar-refractivity contribution in [3.63, 3.8) is 0 Å². The number of nitrogens with one attached hydrogen (secondary N) is 1. The van der Waals surface area contributed by atoms with Crippen LogP contribution in [0, 0.1) is 13.8 Å². The fourth-order valence-electron chi connectivity index (χ4n) is 2.49. The molecule has 0 saturated carbocycles. The molecule has 1 N–H and O–H groups in total. The number of carbonyl (C=O) groups excluding carboxylic acids is 2. The Labute approximate surface area is 157 Å². The lowest BCUT2D eigenvalue weighted by molar-refractivity contribution is -0.117. The van der Waals surface area contributed by atoms with Crippen molar-refractivity contribution in [2.75, 3.05) is 16.8 Å². The Morgan fingerprint density at radius 3 is 2.52 bits per heavy atom. The average molecular weight is 379 g/mol. The van der Waals surface area contributed by atoms with Gasteiger partial charge >= 0.3 is 0 Å². The largest absolute Gasteiger partial charge is 0.326 e. The van der Waals surface area contributed by atoms with Gasteiger partial charge in [-0.3, -0.25) is 9.59 Å². The van der Waals surface area contributed by atoms with Gasteiger partial charge in [0.2, 0.25) is 11.8 Å². The highest BCUT2D eigenvalue weighted by Gasteiger charge is 2.16. The van der Waals surface area contributed by atoms with Gasteiger partial charge in [0.05, 0.1) is 0 Å². The van der Waals surface area contributed by atoms with Gasteiger partial charge in [0.1, 0.15) is 0 Å². The summed E-state index contributed by atoms with van der Waals surface area (Å²) in [7, 11) is 0. The summed E-state index contributed by atoms with van der Waals surface area (Å²) in [5, 5.41) is 3.98. The number of anilines is 2. The fourth-order valence-corrected chi connectivity index (χ4v) is 2.83. The quantitative estimate of drug-likeness (QED) is 0.796. The van der Waals surface area contributed by atoms with E-state index in [4.69, 9.17) is 23.2 Å². The van der Waals surface area contributed by atoms with Crippen LogP contribution >= 0.6 is 23.2 Å². The van der Waals surface area contributed by atoms with Crippen molar-refractivity contribution in [3.8, 4) is 0 Å². The minimum atomic E-state index is -0.184. The molecule has 0 unspecified atom stereocenters. The Morgan fingerprint density at radius 1 is 1.12 bits per heavy atom. The maximum atomic E-state index is 12.3. The first-order valence-electron chi connectivity index (χ1n) is 7.89. The van der Waals surface area contributed by atoms with E-state index in [0.717, 1.165) is 11.1 Å². The van der Waals surface area contributed by atoms with Crippen LogP contribution in [0.4, 0.5) is 11.4 Å². The number of nitrogens with zero attached hydrogens (tertiary/aromatic N) is 1. The van der Waals surface area contributed by atoms with Crippen molar-refractivity contribution in [2.24, 2.45) is 0 Å². The number of aryl methyl sites for hydroxylation is 1. The lowest BCUT2D eigenvalue weighted by atomic mass is 10.1. The molecule has 0 heterocycles. The van der Waals surface area contributed by atoms with Crippen LogP contribution in [0.2, 0.25) is 10.0 Å². The van der Waals surface area contributed by atoms with Crippen molar-refractivity contribution in [1.82, 2.24) is 0 Å². The summed E-state index contributed by atoms with van der Waals surface area (Å²) in [6.45, 7) is 5.48. The lowest BCUT2D eigenvalue weighted by Gasteiger charge is -2.23. The van der Waals surface area contributed by atoms with Gasteiger partial charge in [0.15, 0.2) is 0 Å². The summed E-state index contributed by atoms with van der Waals surface area (Å²) < 4.78 is 0. The van der Waals surface area contributed by atoms with Crippen molar-refractivity contribution in [3.05, 3.63) is 57.6 Å². The maximum Gasteiger partial charge on any atom is 0.226 e. The molecule has 0 atom stereocenters. The van der Waals surface area contributed by atoms with Gasteiger partial charge in [-0.1, -0.05) is 35.3 Å². The number of rotatable bonds is 5. The Hall–Kier alpha value is -2.04. The van der Waals surface area contributed by atoms with Crippen LogP contribution in [-0.2, 0) is 9.59 Å². The number of halogens is 2. The molecular weight excluding hydrogens is 359 g/mol. The standard InChI is InChI=1S/C19H20Cl2N2O2/c1-12-7-8-15(20)11-18(12)23(14(3)24)10-9-19(25)22-17-6-4-5-16(21)13(17)2/h4-8,11H,9-10H2,1-3H3,(H,22,25). The third kappa shape index (κ3) is 4.97. The predicted octanol–water partition coefficient (Wildman–Crippen LogP) is 4.99. The molecule has 0 aromatic heterocycles. The minimum Gasteiger partial charge on any atom is -0.326 e. The predicted molar refractivity (Wildman–Crippen MR) is 104 cm³/mol. The lowest BCUT2D eigenvalue weighted by Crippen LogP contribution is -2.32. The van der Waals surface area contributed by atoms with Gasteiger partial charge in [0.25, 0.3) is 0 Å². The molecule has 0 fully saturated rings. The average Bonchev–Trinajstić information content (AvgIpc) is 2.55. The zero-order valence-corrected chi connectivity index (χ0v) is 15.9. The molecule has 0 aliphatic heterocycles. The second kappa shape index (κ2) is 8.37. The second-order valence-electron chi connectivity index (χ2n) is 5.81. The van der Waals surface area contributed by atoms with Gasteiger partial charge < -0.3 is 10.2 Å². The SMILES string of the molecule is CC(=O)N(CCC(=O)Nc1cccc(Cl)c1C)c1cc(Cl)ccc1C. The van der Waals surface area contributed by atoms with E-state index in [9.17, 15) is 9.59 Å². The zero-order chi connectivity index (χ0) is 18.6. The maximum absolute atomic E-state index is 12.3. The fraction of sp³-hybridized carbons (Fsp3) is 0.263. The molecule has 0 spiro atoms. The highest BCUT2D eigenvalue weighted by atomic mass is 35.5. The van der Waals surface area contributed by atoms with E-state index >= 15 is 0 Å². The van der Waals surface area contributed by atoms with Gasteiger partial charge in [-0.05, 0) is 49.2 Å². The number of hydrogen-bond acceptors (Lipinski definition) is 2. The van der Waals surface area contributed by atoms with Crippen molar-refractivity contribution in [1.29, 1.82) is 0 Å². The van der Waals surface area contributed by atoms with Crippen LogP contribution in [0.3, 0.4) is 0 Å². The first kappa shape index (κ1) is 19.3. The molecule has 2 aromatic carbocycles. The Kier molecular flexibility index (Phi) is 6.45. The van der Waals surface area contributed by atoms with Gasteiger partial charge in [-0.25, -0.2) is 0 Å². The van der Waals surface area contributed by atoms with E-state index in [2.05, 4.69) is 5.32 Å². The molecular formula is C19H20Cl2N2O2. The summed E-state index contributed by atoms with van der Waals surface area (Å²) in [5.41, 5.74) is 3.12. The molecule has 0 saturated heterocycles. The van der Waals surface area contributed by atoms with Crippen molar-refractivity contribution < 1.29 is 9.59 Å². The molecule has 0 aliphatic rings. The topological polar surface area (TPSA) is 49.4 Å². The van der Waals surface area contributed by atoms with E-state index in [1.165, 1.54) is 6.92 Å². The molecule has 25 heavy (non-hydrogen) atoms. The summed E-state index contributed by atoms with van der Waals surface area (Å²) in [6, 6.07) is 10.7. The van der Waals surface area contributed by atoms with Crippen LogP contribution in [0.1, 0.15) is 24.5 Å². The molecule has 0 bridgehead atoms. The smallest absolute Gasteiger partial charge is 0.226 e. The van der Waals surface area contributed by atoms with Crippen LogP contribution in [0.15, 0.2) is 36.4 Å². The number of hydrogen-bond donors (Lipinski definition) is 1. The van der Waals surface area contributed by atoms with Crippen LogP contribution in [-0.4, -0.2) is 18.4 Å². The van der Waals surface area contributed by atoms with Gasteiger partial charge in [0, 0.05) is 41.3 Å². The van der Waals surface area contributed by atoms with E-state index in [1.807, 2.05) is 19.9 Å². The molecule has 2 aromatic rings. The highest BCUT2D eigenvalue weighted by Crippen LogP contribution is 2.25.